The molecule has 0 amide bonds. The third kappa shape index (κ3) is 4.53. The summed E-state index contributed by atoms with van der Waals surface area (Å²) < 4.78 is 13.4. The Hall–Kier alpha value is -1.03. The van der Waals surface area contributed by atoms with E-state index in [1.165, 1.54) is 0 Å². The van der Waals surface area contributed by atoms with E-state index in [-0.39, 0.29) is 0 Å². The predicted molar refractivity (Wildman–Crippen MR) is 86.0 cm³/mol. The van der Waals surface area contributed by atoms with Gasteiger partial charge in [0.15, 0.2) is 0 Å². The number of rotatable bonds is 6. The van der Waals surface area contributed by atoms with Gasteiger partial charge in [0.2, 0.25) is 0 Å². The fourth-order valence-corrected chi connectivity index (χ4v) is 6.30. The molecule has 0 fully saturated rings. The topological polar surface area (TPSA) is 17.1 Å². The maximum absolute atomic E-state index is 13.4. The van der Waals surface area contributed by atoms with Gasteiger partial charge in [0.1, 0.15) is 7.14 Å². The second kappa shape index (κ2) is 6.94. The van der Waals surface area contributed by atoms with Crippen molar-refractivity contribution in [2.24, 2.45) is 11.8 Å². The molecule has 19 heavy (non-hydrogen) atoms. The standard InChI is InChI=1S/C17H25OP/c1-6-17(16-10-8-7-9-11-16)19(18,12-14(2)3)13-15(4)5/h7-11,14-15H,1,12-13H2,2-5H3. The van der Waals surface area contributed by atoms with Crippen molar-refractivity contribution < 1.29 is 4.57 Å². The lowest BCUT2D eigenvalue weighted by atomic mass is 10.2. The van der Waals surface area contributed by atoms with Crippen LogP contribution in [0.1, 0.15) is 33.3 Å². The van der Waals surface area contributed by atoms with E-state index in [0.717, 1.165) is 23.2 Å². The Kier molecular flexibility index (Phi) is 5.85. The lowest BCUT2D eigenvalue weighted by Gasteiger charge is -2.24. The first kappa shape index (κ1) is 16.0. The molecule has 0 saturated carbocycles. The van der Waals surface area contributed by atoms with E-state index < -0.39 is 7.14 Å². The highest BCUT2D eigenvalue weighted by atomic mass is 31.2. The Labute approximate surface area is 117 Å². The van der Waals surface area contributed by atoms with Crippen molar-refractivity contribution in [3.63, 3.8) is 0 Å². The zero-order chi connectivity index (χ0) is 14.5. The first-order chi connectivity index (χ1) is 8.89. The molecule has 0 N–H and O–H groups in total. The highest BCUT2D eigenvalue weighted by molar-refractivity contribution is 7.74. The van der Waals surface area contributed by atoms with E-state index in [9.17, 15) is 4.57 Å². The van der Waals surface area contributed by atoms with Crippen molar-refractivity contribution in [3.8, 4) is 0 Å². The highest BCUT2D eigenvalue weighted by Crippen LogP contribution is 2.60. The summed E-state index contributed by atoms with van der Waals surface area (Å²) in [5, 5.41) is 0.829. The van der Waals surface area contributed by atoms with Crippen molar-refractivity contribution >= 4 is 12.5 Å². The van der Waals surface area contributed by atoms with Crippen LogP contribution in [0.15, 0.2) is 42.6 Å². The summed E-state index contributed by atoms with van der Waals surface area (Å²) in [6.45, 7) is 12.3. The Balaban J connectivity index is 3.23. The van der Waals surface area contributed by atoms with Gasteiger partial charge in [-0.15, -0.1) is 5.73 Å². The number of benzene rings is 1. The molecule has 0 bridgehead atoms. The highest BCUT2D eigenvalue weighted by Gasteiger charge is 2.30. The molecule has 0 radical (unpaired) electrons. The van der Waals surface area contributed by atoms with Gasteiger partial charge in [0.05, 0.1) is 5.31 Å². The van der Waals surface area contributed by atoms with Crippen LogP contribution < -0.4 is 0 Å². The van der Waals surface area contributed by atoms with Crippen LogP contribution in [0.3, 0.4) is 0 Å². The van der Waals surface area contributed by atoms with Gasteiger partial charge in [0, 0.05) is 12.3 Å². The fraction of sp³-hybridized carbons (Fsp3) is 0.471. The third-order valence-electron chi connectivity index (χ3n) is 2.94. The van der Waals surface area contributed by atoms with Gasteiger partial charge in [0.25, 0.3) is 0 Å². The van der Waals surface area contributed by atoms with Gasteiger partial charge in [-0.2, -0.15) is 0 Å². The van der Waals surface area contributed by atoms with Crippen LogP contribution in [0.25, 0.3) is 5.31 Å². The zero-order valence-corrected chi connectivity index (χ0v) is 13.4. The van der Waals surface area contributed by atoms with Crippen molar-refractivity contribution in [2.75, 3.05) is 12.3 Å². The minimum absolute atomic E-state index is 0.414. The second-order valence-corrected chi connectivity index (χ2v) is 8.89. The molecule has 2 heteroatoms. The first-order valence-electron chi connectivity index (χ1n) is 6.93. The molecule has 0 spiro atoms. The van der Waals surface area contributed by atoms with Crippen molar-refractivity contribution in [1.29, 1.82) is 0 Å². The van der Waals surface area contributed by atoms with Crippen LogP contribution in [0.2, 0.25) is 0 Å². The molecule has 0 aliphatic carbocycles. The van der Waals surface area contributed by atoms with E-state index >= 15 is 0 Å². The molecule has 1 aromatic rings. The average Bonchev–Trinajstić information content (AvgIpc) is 2.28. The molecule has 0 aromatic heterocycles. The largest absolute Gasteiger partial charge is 0.318 e. The normalized spacial score (nSPS) is 11.7. The monoisotopic (exact) mass is 276 g/mol. The van der Waals surface area contributed by atoms with E-state index in [4.69, 9.17) is 0 Å². The maximum Gasteiger partial charge on any atom is 0.124 e. The molecule has 104 valence electrons. The average molecular weight is 276 g/mol. The molecule has 1 rings (SSSR count). The summed E-state index contributed by atoms with van der Waals surface area (Å²) in [6, 6.07) is 9.92. The summed E-state index contributed by atoms with van der Waals surface area (Å²) in [5.41, 5.74) is 3.98. The van der Waals surface area contributed by atoms with Gasteiger partial charge >= 0.3 is 0 Å². The lowest BCUT2D eigenvalue weighted by molar-refractivity contribution is 0.564. The quantitative estimate of drug-likeness (QED) is 0.496. The Morgan fingerprint density at radius 2 is 1.58 bits per heavy atom. The van der Waals surface area contributed by atoms with E-state index in [0.29, 0.717) is 11.8 Å². The predicted octanol–water partition coefficient (Wildman–Crippen LogP) is 5.49. The zero-order valence-electron chi connectivity index (χ0n) is 12.5. The van der Waals surface area contributed by atoms with Crippen LogP contribution >= 0.6 is 7.14 Å². The number of hydrogen-bond donors (Lipinski definition) is 0. The summed E-state index contributed by atoms with van der Waals surface area (Å²) in [4.78, 5) is 0. The first-order valence-corrected chi connectivity index (χ1v) is 9.01. The van der Waals surface area contributed by atoms with Crippen molar-refractivity contribution in [2.45, 2.75) is 27.7 Å². The van der Waals surface area contributed by atoms with Gasteiger partial charge < -0.3 is 4.57 Å². The van der Waals surface area contributed by atoms with Crippen molar-refractivity contribution in [1.82, 2.24) is 0 Å². The smallest absolute Gasteiger partial charge is 0.124 e. The lowest BCUT2D eigenvalue weighted by Crippen LogP contribution is -2.07. The summed E-state index contributed by atoms with van der Waals surface area (Å²) in [5.74, 6) is 0.827. The molecule has 0 atom stereocenters. The molecule has 0 aliphatic heterocycles. The summed E-state index contributed by atoms with van der Waals surface area (Å²) in [7, 11) is -2.42. The Morgan fingerprint density at radius 3 is 1.95 bits per heavy atom. The Morgan fingerprint density at radius 1 is 1.11 bits per heavy atom. The van der Waals surface area contributed by atoms with Crippen LogP contribution in [0.5, 0.6) is 0 Å². The third-order valence-corrected chi connectivity index (χ3v) is 6.81. The van der Waals surface area contributed by atoms with E-state index in [1.54, 1.807) is 0 Å². The number of hydrogen-bond acceptors (Lipinski definition) is 1. The minimum atomic E-state index is -2.42. The molecule has 1 nitrogen and oxygen atoms in total. The van der Waals surface area contributed by atoms with E-state index in [2.05, 4.69) is 40.0 Å². The summed E-state index contributed by atoms with van der Waals surface area (Å²) >= 11 is 0. The Bertz CT molecular complexity index is 479. The SMILES string of the molecule is C=C=C(c1ccccc1)P(=O)(CC(C)C)CC(C)C. The molecule has 0 aliphatic rings. The molecule has 0 saturated heterocycles. The molecular weight excluding hydrogens is 251 g/mol. The van der Waals surface area contributed by atoms with Gasteiger partial charge in [-0.25, -0.2) is 0 Å². The maximum atomic E-state index is 13.4. The van der Waals surface area contributed by atoms with Crippen LogP contribution in [0.4, 0.5) is 0 Å². The summed E-state index contributed by atoms with van der Waals surface area (Å²) in [6.07, 6.45) is 1.47. The van der Waals surface area contributed by atoms with Crippen molar-refractivity contribution in [3.05, 3.63) is 48.2 Å². The minimum Gasteiger partial charge on any atom is -0.318 e. The van der Waals surface area contributed by atoms with Gasteiger partial charge in [-0.1, -0.05) is 64.6 Å². The molecule has 1 aromatic carbocycles. The second-order valence-electron chi connectivity index (χ2n) is 5.93. The fourth-order valence-electron chi connectivity index (χ4n) is 2.51. The van der Waals surface area contributed by atoms with Crippen LogP contribution in [0, 0.1) is 11.8 Å². The van der Waals surface area contributed by atoms with Crippen LogP contribution in [-0.4, -0.2) is 12.3 Å². The van der Waals surface area contributed by atoms with Crippen LogP contribution in [-0.2, 0) is 4.57 Å². The van der Waals surface area contributed by atoms with Gasteiger partial charge in [-0.3, -0.25) is 0 Å². The molecular formula is C17H25OP. The molecule has 0 unspecified atom stereocenters. The van der Waals surface area contributed by atoms with Gasteiger partial charge in [-0.05, 0) is 17.4 Å². The van der Waals surface area contributed by atoms with E-state index in [1.807, 2.05) is 30.3 Å². The molecule has 0 heterocycles.